The van der Waals surface area contributed by atoms with Crippen molar-refractivity contribution in [1.82, 2.24) is 4.90 Å². The molecule has 2 rings (SSSR count). The van der Waals surface area contributed by atoms with Crippen LogP contribution in [0.15, 0.2) is 0 Å². The summed E-state index contributed by atoms with van der Waals surface area (Å²) in [6, 6.07) is 0.266. The van der Waals surface area contributed by atoms with Crippen LogP contribution in [0.4, 0.5) is 0 Å². The number of carboxylic acid groups (broad SMARTS) is 1. The van der Waals surface area contributed by atoms with Crippen LogP contribution >= 0.6 is 0 Å². The molecule has 2 bridgehead atoms. The Labute approximate surface area is 120 Å². The molecular weight excluding hydrogens is 256 g/mol. The molecule has 2 fully saturated rings. The van der Waals surface area contributed by atoms with Crippen molar-refractivity contribution < 1.29 is 14.7 Å². The molecule has 5 unspecified atom stereocenters. The van der Waals surface area contributed by atoms with Crippen LogP contribution in [0.25, 0.3) is 0 Å². The van der Waals surface area contributed by atoms with E-state index in [9.17, 15) is 14.7 Å². The molecule has 5 nitrogen and oxygen atoms in total. The average Bonchev–Trinajstić information content (AvgIpc) is 2.94. The molecule has 0 aliphatic carbocycles. The maximum Gasteiger partial charge on any atom is 0.308 e. The highest BCUT2D eigenvalue weighted by atomic mass is 16.4. The van der Waals surface area contributed by atoms with Gasteiger partial charge in [-0.25, -0.2) is 0 Å². The SMILES string of the molecule is CC(N)CCCC(C)C(=O)N1C2CCC1C(C(=O)O)C2. The van der Waals surface area contributed by atoms with Gasteiger partial charge in [0.15, 0.2) is 0 Å². The molecule has 5 heteroatoms. The number of aliphatic carboxylic acids is 1. The fraction of sp³-hybridized carbons (Fsp3) is 0.867. The van der Waals surface area contributed by atoms with Crippen molar-refractivity contribution in [2.24, 2.45) is 17.6 Å². The lowest BCUT2D eigenvalue weighted by Gasteiger charge is -2.26. The molecule has 2 aliphatic rings. The molecule has 3 N–H and O–H groups in total. The highest BCUT2D eigenvalue weighted by Crippen LogP contribution is 2.42. The van der Waals surface area contributed by atoms with Gasteiger partial charge in [0.25, 0.3) is 0 Å². The third kappa shape index (κ3) is 2.97. The molecule has 0 spiro atoms. The average molecular weight is 282 g/mol. The number of carbonyl (C=O) groups excluding carboxylic acids is 1. The number of nitrogens with zero attached hydrogens (tertiary/aromatic N) is 1. The number of fused-ring (bicyclic) bond motifs is 2. The smallest absolute Gasteiger partial charge is 0.308 e. The van der Waals surface area contributed by atoms with Crippen molar-refractivity contribution >= 4 is 11.9 Å². The number of hydrogen-bond donors (Lipinski definition) is 2. The highest BCUT2D eigenvalue weighted by Gasteiger charge is 2.51. The Balaban J connectivity index is 1.91. The summed E-state index contributed by atoms with van der Waals surface area (Å²) in [5.41, 5.74) is 5.72. The molecule has 0 aromatic rings. The van der Waals surface area contributed by atoms with E-state index in [4.69, 9.17) is 5.73 Å². The van der Waals surface area contributed by atoms with Crippen molar-refractivity contribution in [3.05, 3.63) is 0 Å². The third-order valence-corrected chi connectivity index (χ3v) is 4.83. The van der Waals surface area contributed by atoms with E-state index in [1.165, 1.54) is 0 Å². The Kier molecular flexibility index (Phi) is 4.68. The van der Waals surface area contributed by atoms with Gasteiger partial charge in [0.1, 0.15) is 0 Å². The predicted octanol–water partition coefficient (Wildman–Crippen LogP) is 1.60. The number of hydrogen-bond acceptors (Lipinski definition) is 3. The molecule has 2 saturated heterocycles. The largest absolute Gasteiger partial charge is 0.481 e. The van der Waals surface area contributed by atoms with Crippen molar-refractivity contribution in [3.8, 4) is 0 Å². The van der Waals surface area contributed by atoms with E-state index < -0.39 is 5.97 Å². The maximum absolute atomic E-state index is 12.6. The molecule has 1 amide bonds. The monoisotopic (exact) mass is 282 g/mol. The molecule has 0 radical (unpaired) electrons. The molecule has 114 valence electrons. The lowest BCUT2D eigenvalue weighted by molar-refractivity contribution is -0.143. The van der Waals surface area contributed by atoms with Gasteiger partial charge in [-0.05, 0) is 39.0 Å². The minimum atomic E-state index is -0.750. The lowest BCUT2D eigenvalue weighted by Crippen LogP contribution is -2.40. The fourth-order valence-corrected chi connectivity index (χ4v) is 3.72. The first-order chi connectivity index (χ1) is 9.41. The van der Waals surface area contributed by atoms with Gasteiger partial charge in [-0.2, -0.15) is 0 Å². The number of nitrogens with two attached hydrogens (primary N) is 1. The standard InChI is InChI=1S/C15H26N2O3/c1-9(4-3-5-10(2)16)14(18)17-11-6-7-13(17)12(8-11)15(19)20/h9-13H,3-8,16H2,1-2H3,(H,19,20). The molecule has 5 atom stereocenters. The minimum absolute atomic E-state index is 0.0237. The Bertz CT molecular complexity index is 383. The normalized spacial score (nSPS) is 31.4. The van der Waals surface area contributed by atoms with E-state index in [1.807, 2.05) is 18.7 Å². The summed E-state index contributed by atoms with van der Waals surface area (Å²) in [6.07, 6.45) is 5.18. The summed E-state index contributed by atoms with van der Waals surface area (Å²) in [5, 5.41) is 9.22. The fourth-order valence-electron chi connectivity index (χ4n) is 3.72. The second kappa shape index (κ2) is 6.12. The first-order valence-electron chi connectivity index (χ1n) is 7.72. The van der Waals surface area contributed by atoms with Crippen LogP contribution in [0.2, 0.25) is 0 Å². The van der Waals surface area contributed by atoms with Crippen molar-refractivity contribution in [2.75, 3.05) is 0 Å². The van der Waals surface area contributed by atoms with E-state index in [-0.39, 0.29) is 35.9 Å². The van der Waals surface area contributed by atoms with E-state index in [0.29, 0.717) is 6.42 Å². The second-order valence-corrected chi connectivity index (χ2v) is 6.53. The van der Waals surface area contributed by atoms with E-state index in [1.54, 1.807) is 0 Å². The summed E-state index contributed by atoms with van der Waals surface area (Å²) in [7, 11) is 0. The number of carboxylic acids is 1. The molecule has 2 aliphatic heterocycles. The summed E-state index contributed by atoms with van der Waals surface area (Å²) >= 11 is 0. The molecular formula is C15H26N2O3. The molecule has 20 heavy (non-hydrogen) atoms. The van der Waals surface area contributed by atoms with Crippen LogP contribution in [0.3, 0.4) is 0 Å². The second-order valence-electron chi connectivity index (χ2n) is 6.53. The summed E-state index contributed by atoms with van der Waals surface area (Å²) in [4.78, 5) is 25.7. The summed E-state index contributed by atoms with van der Waals surface area (Å²) in [5.74, 6) is -0.983. The van der Waals surface area contributed by atoms with Gasteiger partial charge < -0.3 is 15.7 Å². The molecule has 2 heterocycles. The van der Waals surface area contributed by atoms with E-state index in [0.717, 1.165) is 32.1 Å². The zero-order valence-corrected chi connectivity index (χ0v) is 12.4. The Morgan fingerprint density at radius 2 is 2.00 bits per heavy atom. The minimum Gasteiger partial charge on any atom is -0.481 e. The highest BCUT2D eigenvalue weighted by molar-refractivity contribution is 5.82. The summed E-state index contributed by atoms with van der Waals surface area (Å²) in [6.45, 7) is 3.93. The van der Waals surface area contributed by atoms with Gasteiger partial charge >= 0.3 is 5.97 Å². The lowest BCUT2D eigenvalue weighted by atomic mass is 9.89. The molecule has 0 saturated carbocycles. The zero-order valence-electron chi connectivity index (χ0n) is 12.4. The van der Waals surface area contributed by atoms with Crippen LogP contribution in [-0.4, -0.2) is 40.0 Å². The predicted molar refractivity (Wildman–Crippen MR) is 76.1 cm³/mol. The zero-order chi connectivity index (χ0) is 14.9. The van der Waals surface area contributed by atoms with Crippen LogP contribution in [0.1, 0.15) is 52.4 Å². The molecule has 0 aromatic heterocycles. The Hall–Kier alpha value is -1.10. The van der Waals surface area contributed by atoms with Gasteiger partial charge in [0.2, 0.25) is 5.91 Å². The van der Waals surface area contributed by atoms with Gasteiger partial charge in [-0.1, -0.05) is 13.3 Å². The van der Waals surface area contributed by atoms with E-state index in [2.05, 4.69) is 0 Å². The van der Waals surface area contributed by atoms with Crippen LogP contribution in [-0.2, 0) is 9.59 Å². The van der Waals surface area contributed by atoms with Gasteiger partial charge in [-0.3, -0.25) is 9.59 Å². The number of rotatable bonds is 6. The first-order valence-corrected chi connectivity index (χ1v) is 7.72. The Morgan fingerprint density at radius 1 is 1.30 bits per heavy atom. The topological polar surface area (TPSA) is 83.6 Å². The quantitative estimate of drug-likeness (QED) is 0.775. The van der Waals surface area contributed by atoms with Gasteiger partial charge in [0.05, 0.1) is 5.92 Å². The van der Waals surface area contributed by atoms with Gasteiger partial charge in [0, 0.05) is 24.0 Å². The maximum atomic E-state index is 12.6. The van der Waals surface area contributed by atoms with Crippen LogP contribution in [0.5, 0.6) is 0 Å². The molecule has 0 aromatic carbocycles. The van der Waals surface area contributed by atoms with Crippen LogP contribution < -0.4 is 5.73 Å². The summed E-state index contributed by atoms with van der Waals surface area (Å²) < 4.78 is 0. The number of carbonyl (C=O) groups is 2. The first kappa shape index (κ1) is 15.3. The van der Waals surface area contributed by atoms with Crippen molar-refractivity contribution in [2.45, 2.75) is 70.5 Å². The van der Waals surface area contributed by atoms with Gasteiger partial charge in [-0.15, -0.1) is 0 Å². The van der Waals surface area contributed by atoms with Crippen molar-refractivity contribution in [3.63, 3.8) is 0 Å². The third-order valence-electron chi connectivity index (χ3n) is 4.83. The van der Waals surface area contributed by atoms with E-state index >= 15 is 0 Å². The van der Waals surface area contributed by atoms with Crippen molar-refractivity contribution in [1.29, 1.82) is 0 Å². The van der Waals surface area contributed by atoms with Crippen LogP contribution in [0, 0.1) is 11.8 Å². The number of amides is 1. The Morgan fingerprint density at radius 3 is 2.55 bits per heavy atom.